The number of methoxy groups -OCH3 is 1. The average Bonchev–Trinajstić information content (AvgIpc) is 2.98. The summed E-state index contributed by atoms with van der Waals surface area (Å²) >= 11 is 2.21. The maximum Gasteiger partial charge on any atom is 0.278 e. The van der Waals surface area contributed by atoms with E-state index >= 15 is 0 Å². The Kier molecular flexibility index (Phi) is 4.79. The molecule has 1 amide bonds. The van der Waals surface area contributed by atoms with Crippen molar-refractivity contribution in [3.8, 4) is 11.4 Å². The van der Waals surface area contributed by atoms with E-state index in [1.165, 1.54) is 0 Å². The smallest absolute Gasteiger partial charge is 0.278 e. The molecule has 0 radical (unpaired) electrons. The molecule has 0 bridgehead atoms. The van der Waals surface area contributed by atoms with Gasteiger partial charge in [0.15, 0.2) is 5.69 Å². The first-order valence-corrected chi connectivity index (χ1v) is 8.30. The van der Waals surface area contributed by atoms with Crippen LogP contribution in [0, 0.1) is 10.5 Å². The minimum atomic E-state index is -0.289. The zero-order chi connectivity index (χ0) is 17.1. The van der Waals surface area contributed by atoms with Gasteiger partial charge in [-0.1, -0.05) is 11.3 Å². The van der Waals surface area contributed by atoms with Gasteiger partial charge in [0.1, 0.15) is 5.75 Å². The highest BCUT2D eigenvalue weighted by Gasteiger charge is 2.17. The van der Waals surface area contributed by atoms with Gasteiger partial charge in [0.05, 0.1) is 18.5 Å². The maximum atomic E-state index is 12.4. The summed E-state index contributed by atoms with van der Waals surface area (Å²) in [4.78, 5) is 12.4. The molecule has 0 aliphatic heterocycles. The number of anilines is 1. The molecule has 2 aromatic carbocycles. The number of carbonyl (C=O) groups excluding carboxylic acids is 1. The Balaban J connectivity index is 1.86. The number of carbonyl (C=O) groups is 1. The predicted molar refractivity (Wildman–Crippen MR) is 99.8 cm³/mol. The van der Waals surface area contributed by atoms with Crippen molar-refractivity contribution in [2.75, 3.05) is 12.4 Å². The normalized spacial score (nSPS) is 10.5. The van der Waals surface area contributed by atoms with Gasteiger partial charge in [-0.25, -0.2) is 4.68 Å². The van der Waals surface area contributed by atoms with Crippen molar-refractivity contribution in [2.24, 2.45) is 0 Å². The molecule has 1 heterocycles. The topological polar surface area (TPSA) is 69.0 Å². The predicted octanol–water partition coefficient (Wildman–Crippen LogP) is 3.44. The number of nitrogens with one attached hydrogen (secondary N) is 1. The van der Waals surface area contributed by atoms with E-state index in [4.69, 9.17) is 4.74 Å². The summed E-state index contributed by atoms with van der Waals surface area (Å²) in [6.07, 6.45) is 0. The summed E-state index contributed by atoms with van der Waals surface area (Å²) in [5.41, 5.74) is 2.45. The molecule has 6 nitrogen and oxygen atoms in total. The van der Waals surface area contributed by atoms with Crippen LogP contribution in [0.3, 0.4) is 0 Å². The number of halogens is 1. The molecular weight excluding hydrogens is 419 g/mol. The van der Waals surface area contributed by atoms with Crippen LogP contribution in [-0.4, -0.2) is 28.0 Å². The summed E-state index contributed by atoms with van der Waals surface area (Å²) in [5.74, 6) is 0.426. The number of ether oxygens (including phenoxy) is 1. The standard InChI is InChI=1S/C17H15IN4O2/c1-11-16(17(23)19-13-8-6-12(18)7-9-13)20-21-22(11)14-4-3-5-15(10-14)24-2/h3-10H,1-2H3,(H,19,23). The second-order valence-electron chi connectivity index (χ2n) is 5.10. The van der Waals surface area contributed by atoms with Gasteiger partial charge >= 0.3 is 0 Å². The minimum absolute atomic E-state index is 0.288. The van der Waals surface area contributed by atoms with Gasteiger partial charge in [0.25, 0.3) is 5.91 Å². The van der Waals surface area contributed by atoms with Crippen molar-refractivity contribution >= 4 is 34.2 Å². The fourth-order valence-electron chi connectivity index (χ4n) is 2.25. The van der Waals surface area contributed by atoms with Crippen LogP contribution in [0.5, 0.6) is 5.75 Å². The van der Waals surface area contributed by atoms with Crippen LogP contribution in [0.4, 0.5) is 5.69 Å². The molecule has 3 aromatic rings. The summed E-state index contributed by atoms with van der Waals surface area (Å²) in [6.45, 7) is 1.81. The van der Waals surface area contributed by atoms with Crippen LogP contribution in [-0.2, 0) is 0 Å². The van der Waals surface area contributed by atoms with E-state index in [1.807, 2.05) is 55.5 Å². The van der Waals surface area contributed by atoms with Gasteiger partial charge in [-0.15, -0.1) is 5.10 Å². The molecule has 0 saturated heterocycles. The third kappa shape index (κ3) is 3.40. The van der Waals surface area contributed by atoms with Crippen LogP contribution < -0.4 is 10.1 Å². The number of aromatic nitrogens is 3. The van der Waals surface area contributed by atoms with Crippen molar-refractivity contribution in [1.29, 1.82) is 0 Å². The largest absolute Gasteiger partial charge is 0.497 e. The molecule has 1 aromatic heterocycles. The van der Waals surface area contributed by atoms with Crippen LogP contribution in [0.15, 0.2) is 48.5 Å². The monoisotopic (exact) mass is 434 g/mol. The van der Waals surface area contributed by atoms with Crippen LogP contribution in [0.1, 0.15) is 16.2 Å². The Morgan fingerprint density at radius 2 is 1.96 bits per heavy atom. The van der Waals surface area contributed by atoms with Crippen LogP contribution in [0.25, 0.3) is 5.69 Å². The van der Waals surface area contributed by atoms with E-state index in [9.17, 15) is 4.79 Å². The van der Waals surface area contributed by atoms with E-state index < -0.39 is 0 Å². The lowest BCUT2D eigenvalue weighted by Gasteiger charge is -2.06. The number of rotatable bonds is 4. The highest BCUT2D eigenvalue weighted by molar-refractivity contribution is 14.1. The summed E-state index contributed by atoms with van der Waals surface area (Å²) in [7, 11) is 1.60. The molecule has 3 rings (SSSR count). The Morgan fingerprint density at radius 3 is 2.67 bits per heavy atom. The number of nitrogens with zero attached hydrogens (tertiary/aromatic N) is 3. The molecule has 122 valence electrons. The third-order valence-corrected chi connectivity index (χ3v) is 4.23. The first kappa shape index (κ1) is 16.4. The van der Waals surface area contributed by atoms with E-state index in [2.05, 4.69) is 38.2 Å². The van der Waals surface area contributed by atoms with Crippen molar-refractivity contribution in [3.63, 3.8) is 0 Å². The van der Waals surface area contributed by atoms with Crippen LogP contribution >= 0.6 is 22.6 Å². The lowest BCUT2D eigenvalue weighted by molar-refractivity contribution is 0.102. The second-order valence-corrected chi connectivity index (χ2v) is 6.34. The van der Waals surface area contributed by atoms with Gasteiger partial charge in [-0.05, 0) is 65.9 Å². The van der Waals surface area contributed by atoms with Gasteiger partial charge < -0.3 is 10.1 Å². The molecule has 0 unspecified atom stereocenters. The number of hydrogen-bond donors (Lipinski definition) is 1. The second kappa shape index (κ2) is 7.00. The number of benzene rings is 2. The average molecular weight is 434 g/mol. The molecule has 0 aliphatic rings. The Bertz CT molecular complexity index is 875. The molecule has 7 heteroatoms. The van der Waals surface area contributed by atoms with E-state index in [1.54, 1.807) is 11.8 Å². The molecule has 0 spiro atoms. The fourth-order valence-corrected chi connectivity index (χ4v) is 2.61. The number of hydrogen-bond acceptors (Lipinski definition) is 4. The van der Waals surface area contributed by atoms with E-state index in [0.717, 1.165) is 14.9 Å². The quantitative estimate of drug-likeness (QED) is 0.639. The van der Waals surface area contributed by atoms with Crippen LogP contribution in [0.2, 0.25) is 0 Å². The van der Waals surface area contributed by atoms with Crippen molar-refractivity contribution in [2.45, 2.75) is 6.92 Å². The highest BCUT2D eigenvalue weighted by atomic mass is 127. The first-order valence-electron chi connectivity index (χ1n) is 7.22. The molecule has 0 fully saturated rings. The first-order chi connectivity index (χ1) is 11.6. The molecule has 0 atom stereocenters. The van der Waals surface area contributed by atoms with E-state index in [-0.39, 0.29) is 11.6 Å². The Hall–Kier alpha value is -2.42. The molecule has 0 saturated carbocycles. The molecule has 1 N–H and O–H groups in total. The van der Waals surface area contributed by atoms with E-state index in [0.29, 0.717) is 11.4 Å². The Morgan fingerprint density at radius 1 is 1.21 bits per heavy atom. The van der Waals surface area contributed by atoms with Crippen molar-refractivity contribution in [3.05, 3.63) is 63.5 Å². The zero-order valence-corrected chi connectivity index (χ0v) is 15.3. The molecule has 24 heavy (non-hydrogen) atoms. The summed E-state index contributed by atoms with van der Waals surface area (Å²) < 4.78 is 7.94. The Labute approximate surface area is 153 Å². The van der Waals surface area contributed by atoms with Gasteiger partial charge in [0, 0.05) is 15.3 Å². The van der Waals surface area contributed by atoms with Crippen molar-refractivity contribution < 1.29 is 9.53 Å². The van der Waals surface area contributed by atoms with Gasteiger partial charge in [-0.3, -0.25) is 4.79 Å². The fraction of sp³-hybridized carbons (Fsp3) is 0.118. The minimum Gasteiger partial charge on any atom is -0.497 e. The molecular formula is C17H15IN4O2. The van der Waals surface area contributed by atoms with Gasteiger partial charge in [0.2, 0.25) is 0 Å². The molecule has 0 aliphatic carbocycles. The highest BCUT2D eigenvalue weighted by Crippen LogP contribution is 2.19. The third-order valence-electron chi connectivity index (χ3n) is 3.51. The lowest BCUT2D eigenvalue weighted by atomic mass is 10.2. The van der Waals surface area contributed by atoms with Crippen molar-refractivity contribution in [1.82, 2.24) is 15.0 Å². The lowest BCUT2D eigenvalue weighted by Crippen LogP contribution is -2.14. The summed E-state index contributed by atoms with van der Waals surface area (Å²) in [6, 6.07) is 15.0. The number of amides is 1. The summed E-state index contributed by atoms with van der Waals surface area (Å²) in [5, 5.41) is 10.9. The SMILES string of the molecule is COc1cccc(-n2nnc(C(=O)Nc3ccc(I)cc3)c2C)c1. The maximum absolute atomic E-state index is 12.4. The zero-order valence-electron chi connectivity index (χ0n) is 13.2. The van der Waals surface area contributed by atoms with Gasteiger partial charge in [-0.2, -0.15) is 0 Å².